The summed E-state index contributed by atoms with van der Waals surface area (Å²) in [5.74, 6) is -0.296. The summed E-state index contributed by atoms with van der Waals surface area (Å²) in [6.07, 6.45) is 1.56. The molecular formula is C24H18ClN3O. The number of halogens is 1. The molecule has 0 fully saturated rings. The maximum absolute atomic E-state index is 12.9. The fraction of sp³-hybridized carbons (Fsp3) is 0.0417. The SMILES string of the molecule is Cc1ccc(-c2cc(C(=O)N/N=C\c3cccc(Cl)c3)c3ccccc3n2)cc1. The molecule has 0 aliphatic heterocycles. The van der Waals surface area contributed by atoms with Crippen LogP contribution >= 0.6 is 11.6 Å². The van der Waals surface area contributed by atoms with Gasteiger partial charge < -0.3 is 0 Å². The van der Waals surface area contributed by atoms with E-state index >= 15 is 0 Å². The molecule has 3 aromatic carbocycles. The van der Waals surface area contributed by atoms with Gasteiger partial charge in [0.15, 0.2) is 0 Å². The smallest absolute Gasteiger partial charge is 0.267 e. The number of aryl methyl sites for hydroxylation is 1. The first-order valence-corrected chi connectivity index (χ1v) is 9.54. The van der Waals surface area contributed by atoms with Gasteiger partial charge in [0.25, 0.3) is 5.91 Å². The number of fused-ring (bicyclic) bond motifs is 1. The fourth-order valence-corrected chi connectivity index (χ4v) is 3.25. The van der Waals surface area contributed by atoms with Crippen molar-refractivity contribution in [2.45, 2.75) is 6.92 Å². The number of para-hydroxylation sites is 1. The molecule has 4 rings (SSSR count). The molecule has 1 N–H and O–H groups in total. The molecular weight excluding hydrogens is 382 g/mol. The van der Waals surface area contributed by atoms with Gasteiger partial charge in [-0.15, -0.1) is 0 Å². The first-order chi connectivity index (χ1) is 14.1. The van der Waals surface area contributed by atoms with Crippen molar-refractivity contribution in [2.24, 2.45) is 5.10 Å². The van der Waals surface area contributed by atoms with Gasteiger partial charge in [0.05, 0.1) is 23.0 Å². The number of benzene rings is 3. The Morgan fingerprint density at radius 3 is 2.59 bits per heavy atom. The first kappa shape index (κ1) is 18.8. The number of nitrogens with one attached hydrogen (secondary N) is 1. The summed E-state index contributed by atoms with van der Waals surface area (Å²) in [6.45, 7) is 2.04. The summed E-state index contributed by atoms with van der Waals surface area (Å²) >= 11 is 5.98. The van der Waals surface area contributed by atoms with Crippen LogP contribution in [0, 0.1) is 6.92 Å². The molecule has 0 aliphatic rings. The van der Waals surface area contributed by atoms with E-state index in [9.17, 15) is 4.79 Å². The van der Waals surface area contributed by atoms with Crippen molar-refractivity contribution in [1.29, 1.82) is 0 Å². The molecule has 0 saturated carbocycles. The summed E-state index contributed by atoms with van der Waals surface area (Å²) in [6, 6.07) is 24.7. The van der Waals surface area contributed by atoms with Crippen molar-refractivity contribution in [3.8, 4) is 11.3 Å². The Morgan fingerprint density at radius 2 is 1.79 bits per heavy atom. The van der Waals surface area contributed by atoms with Gasteiger partial charge in [0.2, 0.25) is 0 Å². The van der Waals surface area contributed by atoms with Crippen molar-refractivity contribution >= 4 is 34.6 Å². The Labute approximate surface area is 173 Å². The Bertz CT molecular complexity index is 1220. The molecule has 5 heteroatoms. The molecule has 0 unspecified atom stereocenters. The number of pyridine rings is 1. The summed E-state index contributed by atoms with van der Waals surface area (Å²) < 4.78 is 0. The van der Waals surface area contributed by atoms with Gasteiger partial charge in [-0.3, -0.25) is 4.79 Å². The molecule has 142 valence electrons. The highest BCUT2D eigenvalue weighted by molar-refractivity contribution is 6.30. The van der Waals surface area contributed by atoms with Crippen LogP contribution in [0.5, 0.6) is 0 Å². The van der Waals surface area contributed by atoms with E-state index in [2.05, 4.69) is 10.5 Å². The largest absolute Gasteiger partial charge is 0.272 e. The van der Waals surface area contributed by atoms with Gasteiger partial charge in [0, 0.05) is 16.0 Å². The third-order valence-electron chi connectivity index (χ3n) is 4.54. The van der Waals surface area contributed by atoms with E-state index in [1.165, 1.54) is 5.56 Å². The minimum atomic E-state index is -0.296. The molecule has 1 aromatic heterocycles. The number of carbonyl (C=O) groups excluding carboxylic acids is 1. The molecule has 0 aliphatic carbocycles. The van der Waals surface area contributed by atoms with Crippen LogP contribution in [0.15, 0.2) is 84.0 Å². The van der Waals surface area contributed by atoms with Crippen molar-refractivity contribution in [1.82, 2.24) is 10.4 Å². The van der Waals surface area contributed by atoms with Gasteiger partial charge >= 0.3 is 0 Å². The number of carbonyl (C=O) groups is 1. The number of aromatic nitrogens is 1. The lowest BCUT2D eigenvalue weighted by atomic mass is 10.0. The highest BCUT2D eigenvalue weighted by Gasteiger charge is 2.13. The minimum Gasteiger partial charge on any atom is -0.267 e. The standard InChI is InChI=1S/C24H18ClN3O/c1-16-9-11-18(12-10-16)23-14-21(20-7-2-3-8-22(20)27-23)24(29)28-26-15-17-5-4-6-19(25)13-17/h2-15H,1H3,(H,28,29)/b26-15-. The topological polar surface area (TPSA) is 54.4 Å². The molecule has 1 heterocycles. The van der Waals surface area contributed by atoms with Crippen molar-refractivity contribution in [3.05, 3.63) is 101 Å². The van der Waals surface area contributed by atoms with Crippen LogP contribution in [0.25, 0.3) is 22.2 Å². The molecule has 0 saturated heterocycles. The van der Waals surface area contributed by atoms with Crippen molar-refractivity contribution in [3.63, 3.8) is 0 Å². The lowest BCUT2D eigenvalue weighted by Gasteiger charge is -2.09. The van der Waals surface area contributed by atoms with E-state index in [0.29, 0.717) is 10.6 Å². The zero-order valence-corrected chi connectivity index (χ0v) is 16.5. The monoisotopic (exact) mass is 399 g/mol. The van der Waals surface area contributed by atoms with Gasteiger partial charge in [0.1, 0.15) is 0 Å². The number of nitrogens with zero attached hydrogens (tertiary/aromatic N) is 2. The maximum Gasteiger partial charge on any atom is 0.272 e. The van der Waals surface area contributed by atoms with Crippen LogP contribution in [-0.2, 0) is 0 Å². The number of rotatable bonds is 4. The molecule has 0 atom stereocenters. The van der Waals surface area contributed by atoms with Crippen LogP contribution in [-0.4, -0.2) is 17.1 Å². The summed E-state index contributed by atoms with van der Waals surface area (Å²) in [4.78, 5) is 17.6. The number of hydrogen-bond acceptors (Lipinski definition) is 3. The highest BCUT2D eigenvalue weighted by Crippen LogP contribution is 2.25. The van der Waals surface area contributed by atoms with E-state index in [0.717, 1.165) is 27.7 Å². The van der Waals surface area contributed by atoms with Crippen molar-refractivity contribution in [2.75, 3.05) is 0 Å². The second-order valence-corrected chi connectivity index (χ2v) is 7.13. The Hall–Kier alpha value is -3.50. The summed E-state index contributed by atoms with van der Waals surface area (Å²) in [5.41, 5.74) is 7.56. The predicted octanol–water partition coefficient (Wildman–Crippen LogP) is 5.63. The Morgan fingerprint density at radius 1 is 1.00 bits per heavy atom. The summed E-state index contributed by atoms with van der Waals surface area (Å²) in [7, 11) is 0. The maximum atomic E-state index is 12.9. The molecule has 0 spiro atoms. The van der Waals surface area contributed by atoms with Gasteiger partial charge in [-0.05, 0) is 36.8 Å². The molecule has 0 radical (unpaired) electrons. The third-order valence-corrected chi connectivity index (χ3v) is 4.77. The highest BCUT2D eigenvalue weighted by atomic mass is 35.5. The number of hydrogen-bond donors (Lipinski definition) is 1. The lowest BCUT2D eigenvalue weighted by Crippen LogP contribution is -2.18. The Kier molecular flexibility index (Phi) is 5.36. The van der Waals surface area contributed by atoms with Crippen LogP contribution in [0.1, 0.15) is 21.5 Å². The minimum absolute atomic E-state index is 0.296. The molecule has 1 amide bonds. The van der Waals surface area contributed by atoms with Crippen LogP contribution in [0.3, 0.4) is 0 Å². The van der Waals surface area contributed by atoms with Gasteiger partial charge in [-0.1, -0.05) is 71.8 Å². The second kappa shape index (κ2) is 8.25. The van der Waals surface area contributed by atoms with Gasteiger partial charge in [-0.2, -0.15) is 5.10 Å². The van der Waals surface area contributed by atoms with E-state index < -0.39 is 0 Å². The molecule has 0 bridgehead atoms. The molecule has 4 nitrogen and oxygen atoms in total. The molecule has 4 aromatic rings. The third kappa shape index (κ3) is 4.33. The molecule has 29 heavy (non-hydrogen) atoms. The quantitative estimate of drug-likeness (QED) is 0.357. The first-order valence-electron chi connectivity index (χ1n) is 9.16. The number of hydrazone groups is 1. The zero-order chi connectivity index (χ0) is 20.2. The Balaban J connectivity index is 1.68. The average molecular weight is 400 g/mol. The van der Waals surface area contributed by atoms with Crippen molar-refractivity contribution < 1.29 is 4.79 Å². The second-order valence-electron chi connectivity index (χ2n) is 6.69. The van der Waals surface area contributed by atoms with Gasteiger partial charge in [-0.25, -0.2) is 10.4 Å². The average Bonchev–Trinajstić information content (AvgIpc) is 2.73. The summed E-state index contributed by atoms with van der Waals surface area (Å²) in [5, 5.41) is 5.47. The number of amides is 1. The van der Waals surface area contributed by atoms with E-state index in [-0.39, 0.29) is 5.91 Å². The normalized spacial score (nSPS) is 11.1. The lowest BCUT2D eigenvalue weighted by molar-refractivity contribution is 0.0956. The van der Waals surface area contributed by atoms with E-state index in [1.54, 1.807) is 24.4 Å². The van der Waals surface area contributed by atoms with Crippen LogP contribution < -0.4 is 5.43 Å². The van der Waals surface area contributed by atoms with E-state index in [4.69, 9.17) is 16.6 Å². The predicted molar refractivity (Wildman–Crippen MR) is 118 cm³/mol. The van der Waals surface area contributed by atoms with Crippen LogP contribution in [0.4, 0.5) is 0 Å². The van der Waals surface area contributed by atoms with E-state index in [1.807, 2.05) is 67.6 Å². The van der Waals surface area contributed by atoms with Crippen LogP contribution in [0.2, 0.25) is 5.02 Å². The zero-order valence-electron chi connectivity index (χ0n) is 15.8. The fourth-order valence-electron chi connectivity index (χ4n) is 3.05.